The average Bonchev–Trinajstić information content (AvgIpc) is 2.78. The maximum atomic E-state index is 12.3. The van der Waals surface area contributed by atoms with Gasteiger partial charge in [-0.1, -0.05) is 60.7 Å². The molecule has 1 unspecified atom stereocenters. The third kappa shape index (κ3) is 5.36. The fourth-order valence-corrected chi connectivity index (χ4v) is 3.08. The molecule has 0 aliphatic carbocycles. The fraction of sp³-hybridized carbons (Fsp3) is 0.208. The molecule has 3 rings (SSSR count). The van der Waals surface area contributed by atoms with Crippen LogP contribution in [-0.4, -0.2) is 31.8 Å². The molecule has 3 aromatic carbocycles. The van der Waals surface area contributed by atoms with Gasteiger partial charge in [-0.2, -0.15) is 0 Å². The van der Waals surface area contributed by atoms with Crippen LogP contribution in [0.3, 0.4) is 0 Å². The van der Waals surface area contributed by atoms with Gasteiger partial charge < -0.3 is 19.9 Å². The number of ether oxygens (including phenoxy) is 2. The van der Waals surface area contributed by atoms with E-state index in [1.165, 1.54) is 0 Å². The Kier molecular flexibility index (Phi) is 6.87. The number of amides is 1. The zero-order valence-electron chi connectivity index (χ0n) is 16.6. The molecule has 0 aromatic heterocycles. The highest BCUT2D eigenvalue weighted by atomic mass is 16.5. The number of hydrogen-bond donors (Lipinski definition) is 2. The van der Waals surface area contributed by atoms with Crippen molar-refractivity contribution in [2.24, 2.45) is 0 Å². The lowest BCUT2D eigenvalue weighted by Gasteiger charge is -2.15. The van der Waals surface area contributed by atoms with Crippen molar-refractivity contribution in [1.29, 1.82) is 0 Å². The molecule has 2 N–H and O–H groups in total. The summed E-state index contributed by atoms with van der Waals surface area (Å²) in [6, 6.07) is 23.2. The van der Waals surface area contributed by atoms with E-state index in [1.54, 1.807) is 32.4 Å². The average molecular weight is 391 g/mol. The number of methoxy groups -OCH3 is 2. The van der Waals surface area contributed by atoms with Crippen LogP contribution in [0.25, 0.3) is 11.1 Å². The molecule has 3 aromatic rings. The number of aliphatic hydroxyl groups excluding tert-OH is 1. The van der Waals surface area contributed by atoms with Crippen LogP contribution in [0.5, 0.6) is 11.5 Å². The van der Waals surface area contributed by atoms with E-state index in [-0.39, 0.29) is 18.9 Å². The van der Waals surface area contributed by atoms with Crippen molar-refractivity contribution in [2.45, 2.75) is 12.5 Å². The molecule has 0 spiro atoms. The Bertz CT molecular complexity index is 939. The molecular weight excluding hydrogens is 366 g/mol. The third-order valence-corrected chi connectivity index (χ3v) is 4.71. The van der Waals surface area contributed by atoms with E-state index in [2.05, 4.69) is 17.4 Å². The largest absolute Gasteiger partial charge is 0.493 e. The quantitative estimate of drug-likeness (QED) is 0.614. The predicted molar refractivity (Wildman–Crippen MR) is 113 cm³/mol. The normalized spacial score (nSPS) is 11.6. The van der Waals surface area contributed by atoms with E-state index >= 15 is 0 Å². The smallest absolute Gasteiger partial charge is 0.224 e. The van der Waals surface area contributed by atoms with Crippen molar-refractivity contribution < 1.29 is 19.4 Å². The minimum absolute atomic E-state index is 0.121. The van der Waals surface area contributed by atoms with Crippen LogP contribution < -0.4 is 14.8 Å². The zero-order chi connectivity index (χ0) is 20.6. The van der Waals surface area contributed by atoms with Crippen LogP contribution in [0.4, 0.5) is 0 Å². The van der Waals surface area contributed by atoms with Crippen LogP contribution >= 0.6 is 0 Å². The molecule has 0 bridgehead atoms. The van der Waals surface area contributed by atoms with E-state index in [4.69, 9.17) is 9.47 Å². The van der Waals surface area contributed by atoms with Crippen molar-refractivity contribution in [1.82, 2.24) is 5.32 Å². The Balaban J connectivity index is 1.54. The van der Waals surface area contributed by atoms with Crippen LogP contribution in [0, 0.1) is 0 Å². The summed E-state index contributed by atoms with van der Waals surface area (Å²) in [7, 11) is 3.10. The molecule has 0 aliphatic heterocycles. The Morgan fingerprint density at radius 3 is 2.21 bits per heavy atom. The summed E-state index contributed by atoms with van der Waals surface area (Å²) in [5.74, 6) is 0.984. The van der Waals surface area contributed by atoms with Gasteiger partial charge in [-0.25, -0.2) is 0 Å². The summed E-state index contributed by atoms with van der Waals surface area (Å²) in [6.45, 7) is 0.121. The lowest BCUT2D eigenvalue weighted by molar-refractivity contribution is -0.120. The second-order valence-electron chi connectivity index (χ2n) is 6.67. The highest BCUT2D eigenvalue weighted by Gasteiger charge is 2.13. The van der Waals surface area contributed by atoms with Gasteiger partial charge in [-0.3, -0.25) is 4.79 Å². The van der Waals surface area contributed by atoms with Crippen LogP contribution in [-0.2, 0) is 11.2 Å². The molecule has 5 heteroatoms. The summed E-state index contributed by atoms with van der Waals surface area (Å²) in [4.78, 5) is 12.3. The molecule has 0 saturated heterocycles. The molecular formula is C24H25NO4. The van der Waals surface area contributed by atoms with Gasteiger partial charge in [-0.05, 0) is 34.4 Å². The first-order valence-electron chi connectivity index (χ1n) is 9.41. The lowest BCUT2D eigenvalue weighted by Crippen LogP contribution is -2.29. The van der Waals surface area contributed by atoms with Gasteiger partial charge in [-0.15, -0.1) is 0 Å². The minimum atomic E-state index is -0.834. The monoisotopic (exact) mass is 391 g/mol. The SMILES string of the molecule is COc1ccc(C(O)CNC(=O)Cc2ccc(-c3ccccc3)cc2)cc1OC. The van der Waals surface area contributed by atoms with Gasteiger partial charge in [0.2, 0.25) is 5.91 Å². The minimum Gasteiger partial charge on any atom is -0.493 e. The van der Waals surface area contributed by atoms with Crippen molar-refractivity contribution in [3.63, 3.8) is 0 Å². The molecule has 1 amide bonds. The maximum Gasteiger partial charge on any atom is 0.224 e. The number of benzene rings is 3. The van der Waals surface area contributed by atoms with E-state index in [9.17, 15) is 9.90 Å². The van der Waals surface area contributed by atoms with E-state index in [0.717, 1.165) is 16.7 Å². The standard InChI is InChI=1S/C24H25NO4/c1-28-22-13-12-20(15-23(22)29-2)21(26)16-25-24(27)14-17-8-10-19(11-9-17)18-6-4-3-5-7-18/h3-13,15,21,26H,14,16H2,1-2H3,(H,25,27). The number of nitrogens with one attached hydrogen (secondary N) is 1. The van der Waals surface area contributed by atoms with Crippen molar-refractivity contribution >= 4 is 5.91 Å². The van der Waals surface area contributed by atoms with Gasteiger partial charge >= 0.3 is 0 Å². The Labute approximate surface area is 170 Å². The number of carbonyl (C=O) groups excluding carboxylic acids is 1. The second kappa shape index (κ2) is 9.75. The van der Waals surface area contributed by atoms with E-state index in [0.29, 0.717) is 17.1 Å². The first-order valence-corrected chi connectivity index (χ1v) is 9.41. The van der Waals surface area contributed by atoms with Crippen molar-refractivity contribution in [3.8, 4) is 22.6 Å². The molecule has 5 nitrogen and oxygen atoms in total. The van der Waals surface area contributed by atoms with Gasteiger partial charge in [0, 0.05) is 6.54 Å². The third-order valence-electron chi connectivity index (χ3n) is 4.71. The van der Waals surface area contributed by atoms with E-state index in [1.807, 2.05) is 42.5 Å². The molecule has 0 aliphatic rings. The molecule has 0 heterocycles. The van der Waals surface area contributed by atoms with Crippen molar-refractivity contribution in [2.75, 3.05) is 20.8 Å². The summed E-state index contributed by atoms with van der Waals surface area (Å²) in [5.41, 5.74) is 3.82. The lowest BCUT2D eigenvalue weighted by atomic mass is 10.0. The summed E-state index contributed by atoms with van der Waals surface area (Å²) >= 11 is 0. The zero-order valence-corrected chi connectivity index (χ0v) is 16.6. The topological polar surface area (TPSA) is 67.8 Å². The molecule has 150 valence electrons. The molecule has 0 radical (unpaired) electrons. The number of rotatable bonds is 8. The highest BCUT2D eigenvalue weighted by molar-refractivity contribution is 5.79. The second-order valence-corrected chi connectivity index (χ2v) is 6.67. The summed E-state index contributed by atoms with van der Waals surface area (Å²) in [6.07, 6.45) is -0.576. The number of carbonyl (C=O) groups is 1. The number of aliphatic hydroxyl groups is 1. The Morgan fingerprint density at radius 1 is 0.897 bits per heavy atom. The van der Waals surface area contributed by atoms with E-state index < -0.39 is 6.10 Å². The first kappa shape index (κ1) is 20.4. The highest BCUT2D eigenvalue weighted by Crippen LogP contribution is 2.29. The molecule has 29 heavy (non-hydrogen) atoms. The van der Waals surface area contributed by atoms with Crippen LogP contribution in [0.2, 0.25) is 0 Å². The van der Waals surface area contributed by atoms with Gasteiger partial charge in [0.25, 0.3) is 0 Å². The Morgan fingerprint density at radius 2 is 1.55 bits per heavy atom. The molecule has 0 saturated carbocycles. The van der Waals surface area contributed by atoms with Gasteiger partial charge in [0.1, 0.15) is 0 Å². The van der Waals surface area contributed by atoms with Gasteiger partial charge in [0.05, 0.1) is 26.7 Å². The van der Waals surface area contributed by atoms with Gasteiger partial charge in [0.15, 0.2) is 11.5 Å². The Hall–Kier alpha value is -3.31. The predicted octanol–water partition coefficient (Wildman–Crippen LogP) is 3.76. The first-order chi connectivity index (χ1) is 14.1. The molecule has 1 atom stereocenters. The summed E-state index contributed by atoms with van der Waals surface area (Å²) in [5, 5.41) is 13.2. The molecule has 0 fully saturated rings. The summed E-state index contributed by atoms with van der Waals surface area (Å²) < 4.78 is 10.4. The fourth-order valence-electron chi connectivity index (χ4n) is 3.08. The van der Waals surface area contributed by atoms with Crippen LogP contribution in [0.1, 0.15) is 17.2 Å². The number of hydrogen-bond acceptors (Lipinski definition) is 4. The maximum absolute atomic E-state index is 12.3. The van der Waals surface area contributed by atoms with Crippen LogP contribution in [0.15, 0.2) is 72.8 Å². The van der Waals surface area contributed by atoms with Crippen molar-refractivity contribution in [3.05, 3.63) is 83.9 Å².